The highest BCUT2D eigenvalue weighted by atomic mass is 16.5. The Morgan fingerprint density at radius 3 is 2.43 bits per heavy atom. The lowest BCUT2D eigenvalue weighted by Gasteiger charge is -2.66. The monoisotopic (exact) mass is 322 g/mol. The molecule has 0 aromatic carbocycles. The first kappa shape index (κ1) is 17.4. The van der Waals surface area contributed by atoms with Crippen molar-refractivity contribution >= 4 is 0 Å². The lowest BCUT2D eigenvalue weighted by molar-refractivity contribution is -0.284. The zero-order chi connectivity index (χ0) is 17.1. The fraction of sp³-hybridized carbons (Fsp3) is 0.900. The highest BCUT2D eigenvalue weighted by Gasteiger charge is 2.63. The van der Waals surface area contributed by atoms with E-state index in [0.717, 1.165) is 32.1 Å². The first-order valence-electron chi connectivity index (χ1n) is 9.26. The van der Waals surface area contributed by atoms with Crippen LogP contribution in [0.3, 0.4) is 0 Å². The molecule has 7 atom stereocenters. The normalized spacial score (nSPS) is 56.5. The third-order valence-corrected chi connectivity index (χ3v) is 7.90. The molecule has 3 fully saturated rings. The predicted molar refractivity (Wildman–Crippen MR) is 92.1 cm³/mol. The van der Waals surface area contributed by atoms with Crippen LogP contribution in [0.25, 0.3) is 0 Å². The summed E-state index contributed by atoms with van der Waals surface area (Å²) in [5, 5.41) is 20.8. The number of ether oxygens (including phenoxy) is 1. The van der Waals surface area contributed by atoms with E-state index in [-0.39, 0.29) is 23.0 Å². The summed E-state index contributed by atoms with van der Waals surface area (Å²) in [6, 6.07) is 0. The average molecular weight is 322 g/mol. The maximum Gasteiger partial charge on any atom is 0.110 e. The van der Waals surface area contributed by atoms with Crippen molar-refractivity contribution in [2.75, 3.05) is 6.61 Å². The van der Waals surface area contributed by atoms with Gasteiger partial charge in [-0.1, -0.05) is 26.3 Å². The summed E-state index contributed by atoms with van der Waals surface area (Å²) in [5.41, 5.74) is -0.713. The quantitative estimate of drug-likeness (QED) is 0.762. The SMILES string of the molecule is C=CC1(C)OC2(C)CCC3C(C)(CO)CCCC3(C)C2CC1O. The third-order valence-electron chi connectivity index (χ3n) is 7.90. The molecular formula is C20H34O3. The molecular weight excluding hydrogens is 288 g/mol. The lowest BCUT2D eigenvalue weighted by Crippen LogP contribution is -2.66. The molecule has 3 rings (SSSR count). The van der Waals surface area contributed by atoms with Crippen molar-refractivity contribution in [3.63, 3.8) is 0 Å². The van der Waals surface area contributed by atoms with Crippen LogP contribution in [0.5, 0.6) is 0 Å². The molecule has 0 aromatic heterocycles. The molecule has 2 saturated carbocycles. The van der Waals surface area contributed by atoms with E-state index in [0.29, 0.717) is 11.8 Å². The van der Waals surface area contributed by atoms with E-state index >= 15 is 0 Å². The van der Waals surface area contributed by atoms with Crippen LogP contribution in [-0.2, 0) is 4.74 Å². The highest BCUT2D eigenvalue weighted by molar-refractivity contribution is 5.15. The highest BCUT2D eigenvalue weighted by Crippen LogP contribution is 2.65. The van der Waals surface area contributed by atoms with Crippen LogP contribution in [0, 0.1) is 22.7 Å². The van der Waals surface area contributed by atoms with Gasteiger partial charge in [0.05, 0.1) is 11.7 Å². The number of hydrogen-bond acceptors (Lipinski definition) is 3. The van der Waals surface area contributed by atoms with Crippen molar-refractivity contribution in [3.8, 4) is 0 Å². The molecule has 0 radical (unpaired) electrons. The lowest BCUT2D eigenvalue weighted by atomic mass is 9.44. The van der Waals surface area contributed by atoms with E-state index in [9.17, 15) is 10.2 Å². The Labute approximate surface area is 141 Å². The molecule has 3 nitrogen and oxygen atoms in total. The first-order valence-corrected chi connectivity index (χ1v) is 9.26. The Morgan fingerprint density at radius 1 is 1.13 bits per heavy atom. The van der Waals surface area contributed by atoms with Gasteiger partial charge in [-0.2, -0.15) is 0 Å². The molecule has 3 aliphatic rings. The summed E-state index contributed by atoms with van der Waals surface area (Å²) in [6.07, 6.45) is 7.59. The minimum atomic E-state index is -0.649. The van der Waals surface area contributed by atoms with Crippen molar-refractivity contribution in [3.05, 3.63) is 12.7 Å². The number of rotatable bonds is 2. The Bertz CT molecular complexity index is 491. The molecule has 2 aliphatic carbocycles. The summed E-state index contributed by atoms with van der Waals surface area (Å²) >= 11 is 0. The molecule has 23 heavy (non-hydrogen) atoms. The molecule has 0 bridgehead atoms. The van der Waals surface area contributed by atoms with Crippen LogP contribution in [0.1, 0.15) is 66.2 Å². The summed E-state index contributed by atoms with van der Waals surface area (Å²) in [6.45, 7) is 13.0. The average Bonchev–Trinajstić information content (AvgIpc) is 2.49. The van der Waals surface area contributed by atoms with E-state index in [1.54, 1.807) is 6.08 Å². The zero-order valence-electron chi connectivity index (χ0n) is 15.3. The second-order valence-electron chi connectivity index (χ2n) is 9.37. The fourth-order valence-corrected chi connectivity index (χ4v) is 6.45. The molecule has 1 heterocycles. The number of aliphatic hydroxyl groups excluding tert-OH is 2. The van der Waals surface area contributed by atoms with Gasteiger partial charge in [0, 0.05) is 6.61 Å². The number of fused-ring (bicyclic) bond motifs is 3. The van der Waals surface area contributed by atoms with E-state index in [4.69, 9.17) is 4.74 Å². The predicted octanol–water partition coefficient (Wildman–Crippen LogP) is 3.69. The summed E-state index contributed by atoms with van der Waals surface area (Å²) in [5.74, 6) is 0.846. The molecule has 132 valence electrons. The van der Waals surface area contributed by atoms with Gasteiger partial charge in [-0.3, -0.25) is 0 Å². The van der Waals surface area contributed by atoms with Crippen molar-refractivity contribution in [1.82, 2.24) is 0 Å². The van der Waals surface area contributed by atoms with Crippen LogP contribution >= 0.6 is 0 Å². The van der Waals surface area contributed by atoms with Crippen molar-refractivity contribution in [1.29, 1.82) is 0 Å². The molecule has 1 aliphatic heterocycles. The van der Waals surface area contributed by atoms with Crippen LogP contribution < -0.4 is 0 Å². The van der Waals surface area contributed by atoms with Gasteiger partial charge in [0.1, 0.15) is 5.60 Å². The van der Waals surface area contributed by atoms with E-state index in [2.05, 4.69) is 27.4 Å². The summed E-state index contributed by atoms with van der Waals surface area (Å²) < 4.78 is 6.51. The Morgan fingerprint density at radius 2 is 1.83 bits per heavy atom. The van der Waals surface area contributed by atoms with Gasteiger partial charge in [0.2, 0.25) is 0 Å². The van der Waals surface area contributed by atoms with Crippen LogP contribution in [0.15, 0.2) is 12.7 Å². The first-order chi connectivity index (χ1) is 10.6. The summed E-state index contributed by atoms with van der Waals surface area (Å²) in [4.78, 5) is 0. The maximum absolute atomic E-state index is 10.7. The van der Waals surface area contributed by atoms with Gasteiger partial charge in [-0.25, -0.2) is 0 Å². The van der Waals surface area contributed by atoms with Crippen LogP contribution in [0.4, 0.5) is 0 Å². The van der Waals surface area contributed by atoms with Crippen LogP contribution in [0.2, 0.25) is 0 Å². The van der Waals surface area contributed by atoms with Gasteiger partial charge in [0.25, 0.3) is 0 Å². The smallest absolute Gasteiger partial charge is 0.110 e. The van der Waals surface area contributed by atoms with Gasteiger partial charge in [-0.05, 0) is 68.6 Å². The number of hydrogen-bond donors (Lipinski definition) is 2. The van der Waals surface area contributed by atoms with Gasteiger partial charge in [0.15, 0.2) is 0 Å². The molecule has 0 spiro atoms. The van der Waals surface area contributed by atoms with Crippen molar-refractivity contribution in [2.24, 2.45) is 22.7 Å². The second-order valence-corrected chi connectivity index (χ2v) is 9.37. The van der Waals surface area contributed by atoms with Gasteiger partial charge in [-0.15, -0.1) is 6.58 Å². The minimum absolute atomic E-state index is 0.0124. The molecule has 0 aromatic rings. The number of aliphatic hydroxyl groups is 2. The maximum atomic E-state index is 10.7. The molecule has 1 saturated heterocycles. The Kier molecular flexibility index (Phi) is 4.02. The van der Waals surface area contributed by atoms with E-state index in [1.165, 1.54) is 6.42 Å². The van der Waals surface area contributed by atoms with Gasteiger partial charge < -0.3 is 14.9 Å². The molecule has 2 N–H and O–H groups in total. The van der Waals surface area contributed by atoms with E-state index in [1.807, 2.05) is 6.92 Å². The zero-order valence-corrected chi connectivity index (χ0v) is 15.3. The molecule has 3 heteroatoms. The second kappa shape index (κ2) is 5.31. The third kappa shape index (κ3) is 2.34. The molecule has 0 amide bonds. The largest absolute Gasteiger partial charge is 0.396 e. The van der Waals surface area contributed by atoms with Crippen molar-refractivity contribution in [2.45, 2.75) is 83.5 Å². The van der Waals surface area contributed by atoms with Gasteiger partial charge >= 0.3 is 0 Å². The van der Waals surface area contributed by atoms with E-state index < -0.39 is 11.7 Å². The van der Waals surface area contributed by atoms with Crippen LogP contribution in [-0.4, -0.2) is 34.1 Å². The minimum Gasteiger partial charge on any atom is -0.396 e. The standard InChI is InChI=1S/C20H34O3/c1-6-19(4)16(22)12-15-18(3)10-7-9-17(2,13-21)14(18)8-11-20(15,5)23-19/h6,14-16,21-22H,1,7-13H2,2-5H3. The Balaban J connectivity index is 1.98. The topological polar surface area (TPSA) is 49.7 Å². The molecule has 7 unspecified atom stereocenters. The summed E-state index contributed by atoms with van der Waals surface area (Å²) in [7, 11) is 0. The fourth-order valence-electron chi connectivity index (χ4n) is 6.45. The van der Waals surface area contributed by atoms with Crippen molar-refractivity contribution < 1.29 is 14.9 Å². The Hall–Kier alpha value is -0.380.